The van der Waals surface area contributed by atoms with Crippen LogP contribution in [0.2, 0.25) is 0 Å². The van der Waals surface area contributed by atoms with Crippen LogP contribution in [0, 0.1) is 0 Å². The molecule has 0 aliphatic rings. The lowest BCUT2D eigenvalue weighted by molar-refractivity contribution is -0.00545. The molecule has 18 heavy (non-hydrogen) atoms. The minimum absolute atomic E-state index is 0.217. The summed E-state index contributed by atoms with van der Waals surface area (Å²) in [4.78, 5) is 22.7. The third kappa shape index (κ3) is 3.54. The van der Waals surface area contributed by atoms with Crippen molar-refractivity contribution in [2.45, 2.75) is 6.10 Å². The Morgan fingerprint density at radius 1 is 1.06 bits per heavy atom. The van der Waals surface area contributed by atoms with Gasteiger partial charge in [0, 0.05) is 0 Å². The van der Waals surface area contributed by atoms with Crippen molar-refractivity contribution < 1.29 is 29.3 Å². The van der Waals surface area contributed by atoms with E-state index in [4.69, 9.17) is 14.9 Å². The molecule has 0 amide bonds. The van der Waals surface area contributed by atoms with E-state index in [0.717, 1.165) is 0 Å². The van der Waals surface area contributed by atoms with Gasteiger partial charge in [0.2, 0.25) is 0 Å². The predicted octanol–water partition coefficient (Wildman–Crippen LogP) is -0.0168. The molecule has 1 rings (SSSR count). The number of aliphatic hydroxyl groups is 2. The lowest BCUT2D eigenvalue weighted by Crippen LogP contribution is -2.25. The van der Waals surface area contributed by atoms with Crippen LogP contribution in [0.5, 0.6) is 0 Å². The molecule has 0 saturated carbocycles. The Kier molecular flexibility index (Phi) is 5.29. The van der Waals surface area contributed by atoms with Crippen LogP contribution < -0.4 is 0 Å². The van der Waals surface area contributed by atoms with Crippen molar-refractivity contribution >= 4 is 11.9 Å². The second-order valence-electron chi connectivity index (χ2n) is 3.46. The summed E-state index contributed by atoms with van der Waals surface area (Å²) in [6.45, 7) is -0.912. The summed E-state index contributed by atoms with van der Waals surface area (Å²) in [5.74, 6) is -1.18. The number of carbonyl (C=O) groups is 2. The van der Waals surface area contributed by atoms with Crippen LogP contribution in [0.1, 0.15) is 20.7 Å². The number of carbonyl (C=O) groups excluding carboxylic acids is 2. The molecule has 0 aliphatic heterocycles. The number of rotatable bonds is 5. The van der Waals surface area contributed by atoms with E-state index in [9.17, 15) is 9.59 Å². The smallest absolute Gasteiger partial charge is 0.338 e. The van der Waals surface area contributed by atoms with Crippen molar-refractivity contribution in [2.24, 2.45) is 0 Å². The van der Waals surface area contributed by atoms with Gasteiger partial charge in [0.1, 0.15) is 6.10 Å². The van der Waals surface area contributed by atoms with Crippen molar-refractivity contribution in [3.8, 4) is 0 Å². The van der Waals surface area contributed by atoms with E-state index in [2.05, 4.69) is 4.74 Å². The van der Waals surface area contributed by atoms with Crippen LogP contribution >= 0.6 is 0 Å². The summed E-state index contributed by atoms with van der Waals surface area (Å²) < 4.78 is 9.32. The highest BCUT2D eigenvalue weighted by Gasteiger charge is 2.15. The zero-order valence-corrected chi connectivity index (χ0v) is 9.83. The van der Waals surface area contributed by atoms with E-state index in [1.807, 2.05) is 0 Å². The topological polar surface area (TPSA) is 93.1 Å². The Hall–Kier alpha value is -1.92. The van der Waals surface area contributed by atoms with Crippen molar-refractivity contribution in [1.82, 2.24) is 0 Å². The summed E-state index contributed by atoms with van der Waals surface area (Å²) in [6, 6.07) is 5.66. The molecule has 0 aromatic heterocycles. The standard InChI is InChI=1S/C12H14O6/c1-17-11(15)8-2-4-9(5-3-8)12(16)18-10(6-13)7-14/h2-5,10,13-14H,6-7H2,1H3. The fourth-order valence-corrected chi connectivity index (χ4v) is 1.21. The van der Waals surface area contributed by atoms with Gasteiger partial charge in [0.05, 0.1) is 31.5 Å². The Labute approximate surface area is 104 Å². The summed E-state index contributed by atoms with van der Waals surface area (Å²) >= 11 is 0. The van der Waals surface area contributed by atoms with Gasteiger partial charge in [0.15, 0.2) is 0 Å². The van der Waals surface area contributed by atoms with E-state index < -0.39 is 31.3 Å². The number of hydrogen-bond donors (Lipinski definition) is 2. The molecular formula is C12H14O6. The van der Waals surface area contributed by atoms with Crippen LogP contribution in [-0.2, 0) is 9.47 Å². The van der Waals surface area contributed by atoms with Gasteiger partial charge in [-0.3, -0.25) is 0 Å². The van der Waals surface area contributed by atoms with Crippen molar-refractivity contribution in [3.05, 3.63) is 35.4 Å². The van der Waals surface area contributed by atoms with Gasteiger partial charge in [-0.05, 0) is 24.3 Å². The van der Waals surface area contributed by atoms with Crippen molar-refractivity contribution in [1.29, 1.82) is 0 Å². The summed E-state index contributed by atoms with van der Waals surface area (Å²) in [7, 11) is 1.26. The SMILES string of the molecule is COC(=O)c1ccc(C(=O)OC(CO)CO)cc1. The van der Waals surface area contributed by atoms with Gasteiger partial charge in [-0.25, -0.2) is 9.59 Å². The van der Waals surface area contributed by atoms with Gasteiger partial charge in [-0.15, -0.1) is 0 Å². The number of esters is 2. The quantitative estimate of drug-likeness (QED) is 0.717. The zero-order chi connectivity index (χ0) is 13.5. The van der Waals surface area contributed by atoms with Crippen LogP contribution in [0.25, 0.3) is 0 Å². The third-order valence-corrected chi connectivity index (χ3v) is 2.22. The van der Waals surface area contributed by atoms with Gasteiger partial charge >= 0.3 is 11.9 Å². The lowest BCUT2D eigenvalue weighted by Gasteiger charge is -2.12. The molecule has 0 fully saturated rings. The molecule has 0 spiro atoms. The first kappa shape index (κ1) is 14.1. The summed E-state index contributed by atoms with van der Waals surface area (Å²) in [5, 5.41) is 17.5. The minimum atomic E-state index is -0.946. The molecule has 0 unspecified atom stereocenters. The molecule has 0 aliphatic carbocycles. The first-order valence-corrected chi connectivity index (χ1v) is 5.23. The maximum atomic E-state index is 11.6. The molecule has 0 atom stereocenters. The summed E-state index contributed by atoms with van der Waals surface area (Å²) in [5.41, 5.74) is 0.532. The van der Waals surface area contributed by atoms with Gasteiger partial charge < -0.3 is 19.7 Å². The average molecular weight is 254 g/mol. The molecule has 1 aromatic carbocycles. The molecule has 6 nitrogen and oxygen atoms in total. The fraction of sp³-hybridized carbons (Fsp3) is 0.333. The maximum absolute atomic E-state index is 11.6. The third-order valence-electron chi connectivity index (χ3n) is 2.22. The Balaban J connectivity index is 2.73. The molecular weight excluding hydrogens is 240 g/mol. The number of methoxy groups -OCH3 is 1. The highest BCUT2D eigenvalue weighted by Crippen LogP contribution is 2.08. The highest BCUT2D eigenvalue weighted by molar-refractivity contribution is 5.93. The van der Waals surface area contributed by atoms with Crippen molar-refractivity contribution in [2.75, 3.05) is 20.3 Å². The molecule has 0 heterocycles. The highest BCUT2D eigenvalue weighted by atomic mass is 16.6. The van der Waals surface area contributed by atoms with Gasteiger partial charge in [-0.2, -0.15) is 0 Å². The Morgan fingerprint density at radius 2 is 1.50 bits per heavy atom. The van der Waals surface area contributed by atoms with E-state index in [1.165, 1.54) is 31.4 Å². The van der Waals surface area contributed by atoms with Crippen LogP contribution in [0.15, 0.2) is 24.3 Å². The molecule has 6 heteroatoms. The number of benzene rings is 1. The maximum Gasteiger partial charge on any atom is 0.338 e. The number of hydrogen-bond acceptors (Lipinski definition) is 6. The van der Waals surface area contributed by atoms with E-state index in [0.29, 0.717) is 5.56 Å². The zero-order valence-electron chi connectivity index (χ0n) is 9.83. The molecule has 2 N–H and O–H groups in total. The minimum Gasteiger partial charge on any atom is -0.465 e. The number of ether oxygens (including phenoxy) is 2. The van der Waals surface area contributed by atoms with Crippen LogP contribution in [0.4, 0.5) is 0 Å². The fourth-order valence-electron chi connectivity index (χ4n) is 1.21. The van der Waals surface area contributed by atoms with Crippen LogP contribution in [0.3, 0.4) is 0 Å². The second kappa shape index (κ2) is 6.73. The molecule has 0 saturated heterocycles. The van der Waals surface area contributed by atoms with Gasteiger partial charge in [-0.1, -0.05) is 0 Å². The molecule has 0 radical (unpaired) electrons. The molecule has 1 aromatic rings. The molecule has 98 valence electrons. The monoisotopic (exact) mass is 254 g/mol. The van der Waals surface area contributed by atoms with Crippen LogP contribution in [-0.4, -0.2) is 48.6 Å². The Morgan fingerprint density at radius 3 is 1.89 bits per heavy atom. The Bertz CT molecular complexity index is 407. The van der Waals surface area contributed by atoms with E-state index in [1.54, 1.807) is 0 Å². The summed E-state index contributed by atoms with van der Waals surface area (Å²) in [6.07, 6.45) is -0.946. The second-order valence-corrected chi connectivity index (χ2v) is 3.46. The normalized spacial score (nSPS) is 10.2. The first-order valence-electron chi connectivity index (χ1n) is 5.23. The van der Waals surface area contributed by atoms with Crippen molar-refractivity contribution in [3.63, 3.8) is 0 Å². The lowest BCUT2D eigenvalue weighted by atomic mass is 10.1. The van der Waals surface area contributed by atoms with Gasteiger partial charge in [0.25, 0.3) is 0 Å². The number of aliphatic hydroxyl groups excluding tert-OH is 2. The average Bonchev–Trinajstić information content (AvgIpc) is 2.43. The van der Waals surface area contributed by atoms with E-state index in [-0.39, 0.29) is 5.56 Å². The van der Waals surface area contributed by atoms with E-state index >= 15 is 0 Å². The largest absolute Gasteiger partial charge is 0.465 e. The predicted molar refractivity (Wildman–Crippen MR) is 61.2 cm³/mol. The molecule has 0 bridgehead atoms. The first-order chi connectivity index (χ1) is 8.62.